The van der Waals surface area contributed by atoms with E-state index in [4.69, 9.17) is 4.74 Å². The van der Waals surface area contributed by atoms with Gasteiger partial charge in [0, 0.05) is 32.4 Å². The van der Waals surface area contributed by atoms with Crippen LogP contribution in [0, 0.1) is 18.6 Å². The smallest absolute Gasteiger partial charge is 0.162 e. The zero-order valence-corrected chi connectivity index (χ0v) is 18.5. The van der Waals surface area contributed by atoms with Gasteiger partial charge in [-0.2, -0.15) is 5.10 Å². The van der Waals surface area contributed by atoms with Crippen LogP contribution in [0.2, 0.25) is 0 Å². The Morgan fingerprint density at radius 1 is 1.19 bits per heavy atom. The van der Waals surface area contributed by atoms with Crippen LogP contribution in [-0.4, -0.2) is 37.9 Å². The van der Waals surface area contributed by atoms with Crippen molar-refractivity contribution in [3.63, 3.8) is 0 Å². The minimum absolute atomic E-state index is 0.192. The van der Waals surface area contributed by atoms with E-state index in [1.165, 1.54) is 17.4 Å². The van der Waals surface area contributed by atoms with Gasteiger partial charge in [0.05, 0.1) is 16.3 Å². The van der Waals surface area contributed by atoms with Gasteiger partial charge in [0.25, 0.3) is 0 Å². The summed E-state index contributed by atoms with van der Waals surface area (Å²) in [5.41, 5.74) is 0.954. The van der Waals surface area contributed by atoms with Crippen molar-refractivity contribution in [2.75, 3.05) is 13.1 Å². The Hall–Kier alpha value is -2.36. The quantitative estimate of drug-likeness (QED) is 0.619. The molecule has 0 spiro atoms. The lowest BCUT2D eigenvalue weighted by Crippen LogP contribution is -2.29. The molecule has 1 aliphatic rings. The largest absolute Gasteiger partial charge is 0.488 e. The number of benzene rings is 1. The number of nitrogens with zero attached hydrogens (tertiary/aromatic N) is 4. The van der Waals surface area contributed by atoms with E-state index in [1.54, 1.807) is 6.20 Å². The molecule has 31 heavy (non-hydrogen) atoms. The first-order chi connectivity index (χ1) is 14.8. The monoisotopic (exact) mass is 448 g/mol. The van der Waals surface area contributed by atoms with Crippen LogP contribution < -0.4 is 4.74 Å². The Morgan fingerprint density at radius 2 is 2.03 bits per heavy atom. The molecule has 0 radical (unpaired) electrons. The van der Waals surface area contributed by atoms with Gasteiger partial charge in [-0.1, -0.05) is 0 Å². The lowest BCUT2D eigenvalue weighted by Gasteiger charge is -2.24. The highest BCUT2D eigenvalue weighted by molar-refractivity contribution is 7.11. The summed E-state index contributed by atoms with van der Waals surface area (Å²) in [6.07, 6.45) is 3.91. The maximum absolute atomic E-state index is 13.4. The number of aromatic nitrogens is 3. The minimum Gasteiger partial charge on any atom is -0.488 e. The summed E-state index contributed by atoms with van der Waals surface area (Å²) in [5, 5.41) is 16.3. The molecule has 9 heteroatoms. The van der Waals surface area contributed by atoms with Gasteiger partial charge in [0.15, 0.2) is 11.6 Å². The van der Waals surface area contributed by atoms with Gasteiger partial charge in [-0.3, -0.25) is 9.58 Å². The van der Waals surface area contributed by atoms with Gasteiger partial charge in [-0.25, -0.2) is 13.8 Å². The van der Waals surface area contributed by atoms with Crippen LogP contribution in [0.4, 0.5) is 8.78 Å². The topological polar surface area (TPSA) is 63.4 Å². The van der Waals surface area contributed by atoms with Crippen molar-refractivity contribution in [3.8, 4) is 5.75 Å². The number of likely N-dealkylation sites (tertiary alicyclic amines) is 1. The highest BCUT2D eigenvalue weighted by Crippen LogP contribution is 2.37. The summed E-state index contributed by atoms with van der Waals surface area (Å²) in [4.78, 5) is 7.83. The third-order valence-corrected chi connectivity index (χ3v) is 7.09. The predicted octanol–water partition coefficient (Wildman–Crippen LogP) is 3.92. The second-order valence-corrected chi connectivity index (χ2v) is 9.08. The normalized spacial score (nSPS) is 20.0. The number of aryl methyl sites for hydroxylation is 2. The Labute approximate surface area is 184 Å². The predicted molar refractivity (Wildman–Crippen MR) is 114 cm³/mol. The minimum atomic E-state index is -0.975. The fraction of sp³-hybridized carbons (Fsp3) is 0.455. The number of aliphatic hydroxyl groups is 1. The summed E-state index contributed by atoms with van der Waals surface area (Å²) >= 11 is 1.42. The highest BCUT2D eigenvalue weighted by Gasteiger charge is 2.35. The molecule has 4 rings (SSSR count). The molecule has 1 atom stereocenters. The first-order valence-electron chi connectivity index (χ1n) is 10.3. The third-order valence-electron chi connectivity index (χ3n) is 5.77. The van der Waals surface area contributed by atoms with Gasteiger partial charge in [-0.15, -0.1) is 11.3 Å². The van der Waals surface area contributed by atoms with E-state index in [0.29, 0.717) is 17.8 Å². The van der Waals surface area contributed by atoms with Crippen molar-refractivity contribution in [3.05, 3.63) is 63.4 Å². The summed E-state index contributed by atoms with van der Waals surface area (Å²) in [6.45, 7) is 4.54. The fourth-order valence-corrected chi connectivity index (χ4v) is 4.93. The van der Waals surface area contributed by atoms with Crippen LogP contribution in [0.3, 0.4) is 0 Å². The molecule has 166 valence electrons. The molecule has 3 aromatic rings. The second kappa shape index (κ2) is 9.02. The number of hydrogen-bond donors (Lipinski definition) is 1. The molecule has 0 unspecified atom stereocenters. The van der Waals surface area contributed by atoms with Gasteiger partial charge in [-0.05, 0) is 50.9 Å². The number of halogens is 2. The van der Waals surface area contributed by atoms with Crippen molar-refractivity contribution < 1.29 is 18.6 Å². The van der Waals surface area contributed by atoms with Gasteiger partial charge >= 0.3 is 0 Å². The van der Waals surface area contributed by atoms with Crippen LogP contribution in [0.1, 0.15) is 40.5 Å². The SMILES string of the molecule is Cc1nc([C@]2(O)CCCN(Cc3ccnn3C)CC2)sc1COc1ccc(F)c(F)c1. The molecular weight excluding hydrogens is 422 g/mol. The number of ether oxygens (including phenoxy) is 1. The molecule has 0 amide bonds. The molecule has 1 aliphatic heterocycles. The van der Waals surface area contributed by atoms with Crippen molar-refractivity contribution in [1.29, 1.82) is 0 Å². The first kappa shape index (κ1) is 21.9. The Balaban J connectivity index is 1.41. The fourth-order valence-electron chi connectivity index (χ4n) is 3.81. The van der Waals surface area contributed by atoms with Crippen molar-refractivity contribution in [2.45, 2.75) is 44.9 Å². The molecule has 1 saturated heterocycles. The van der Waals surface area contributed by atoms with Crippen LogP contribution in [0.15, 0.2) is 30.5 Å². The average molecular weight is 449 g/mol. The molecular formula is C22H26F2N4O2S. The van der Waals surface area contributed by atoms with Crippen LogP contribution in [-0.2, 0) is 25.8 Å². The van der Waals surface area contributed by atoms with E-state index in [-0.39, 0.29) is 12.4 Å². The maximum atomic E-state index is 13.4. The van der Waals surface area contributed by atoms with Gasteiger partial charge < -0.3 is 9.84 Å². The Bertz CT molecular complexity index is 1050. The van der Waals surface area contributed by atoms with Crippen molar-refractivity contribution in [1.82, 2.24) is 19.7 Å². The van der Waals surface area contributed by atoms with E-state index < -0.39 is 17.2 Å². The Kier molecular flexibility index (Phi) is 6.36. The first-order valence-corrected chi connectivity index (χ1v) is 11.1. The van der Waals surface area contributed by atoms with Crippen molar-refractivity contribution in [2.24, 2.45) is 7.05 Å². The number of thiazole rings is 1. The molecule has 1 N–H and O–H groups in total. The standard InChI is InChI=1S/C22H26F2N4O2S/c1-15-20(14-30-17-4-5-18(23)19(24)12-17)31-21(26-15)22(29)7-3-10-28(11-8-22)13-16-6-9-25-27(16)2/h4-6,9,12,29H,3,7-8,10-11,13-14H2,1-2H3/t22-/m0/s1. The van der Waals surface area contributed by atoms with Crippen LogP contribution >= 0.6 is 11.3 Å². The van der Waals surface area contributed by atoms with Crippen LogP contribution in [0.5, 0.6) is 5.75 Å². The lowest BCUT2D eigenvalue weighted by atomic mass is 9.96. The summed E-state index contributed by atoms with van der Waals surface area (Å²) in [6, 6.07) is 5.48. The second-order valence-electron chi connectivity index (χ2n) is 8.00. The lowest BCUT2D eigenvalue weighted by molar-refractivity contribution is 0.0206. The van der Waals surface area contributed by atoms with E-state index in [1.807, 2.05) is 24.7 Å². The molecule has 2 aromatic heterocycles. The van der Waals surface area contributed by atoms with E-state index >= 15 is 0 Å². The maximum Gasteiger partial charge on any atom is 0.162 e. The highest BCUT2D eigenvalue weighted by atomic mass is 32.1. The summed E-state index contributed by atoms with van der Waals surface area (Å²) < 4.78 is 34.0. The van der Waals surface area contributed by atoms with Crippen molar-refractivity contribution >= 4 is 11.3 Å². The molecule has 1 aromatic carbocycles. The van der Waals surface area contributed by atoms with E-state index in [9.17, 15) is 13.9 Å². The average Bonchev–Trinajstić information content (AvgIpc) is 3.26. The summed E-state index contributed by atoms with van der Waals surface area (Å²) in [5.74, 6) is -1.59. The van der Waals surface area contributed by atoms with Crippen LogP contribution in [0.25, 0.3) is 0 Å². The van der Waals surface area contributed by atoms with E-state index in [0.717, 1.165) is 54.5 Å². The molecule has 6 nitrogen and oxygen atoms in total. The number of rotatable bonds is 6. The molecule has 3 heterocycles. The number of hydrogen-bond acceptors (Lipinski definition) is 6. The van der Waals surface area contributed by atoms with E-state index in [2.05, 4.69) is 15.0 Å². The molecule has 0 saturated carbocycles. The summed E-state index contributed by atoms with van der Waals surface area (Å²) in [7, 11) is 1.94. The Morgan fingerprint density at radius 3 is 2.77 bits per heavy atom. The molecule has 0 bridgehead atoms. The van der Waals surface area contributed by atoms with Gasteiger partial charge in [0.1, 0.15) is 23.0 Å². The van der Waals surface area contributed by atoms with Gasteiger partial charge in [0.2, 0.25) is 0 Å². The zero-order chi connectivity index (χ0) is 22.0. The molecule has 1 fully saturated rings. The third kappa shape index (κ3) is 4.94. The zero-order valence-electron chi connectivity index (χ0n) is 17.6. The molecule has 0 aliphatic carbocycles.